The van der Waals surface area contributed by atoms with Crippen molar-refractivity contribution in [2.24, 2.45) is 5.14 Å². The summed E-state index contributed by atoms with van der Waals surface area (Å²) in [6.07, 6.45) is 2.85. The van der Waals surface area contributed by atoms with E-state index in [1.54, 1.807) is 12.1 Å². The van der Waals surface area contributed by atoms with Gasteiger partial charge in [0.05, 0.1) is 10.9 Å². The van der Waals surface area contributed by atoms with E-state index in [1.807, 2.05) is 6.92 Å². The molecule has 1 aromatic rings. The lowest BCUT2D eigenvalue weighted by atomic mass is 9.99. The predicted octanol–water partition coefficient (Wildman–Crippen LogP) is 0.803. The first-order valence-corrected chi connectivity index (χ1v) is 8.10. The van der Waals surface area contributed by atoms with Crippen molar-refractivity contribution in [2.75, 3.05) is 5.32 Å². The van der Waals surface area contributed by atoms with Crippen LogP contribution in [0, 0.1) is 0 Å². The van der Waals surface area contributed by atoms with Gasteiger partial charge < -0.3 is 10.6 Å². The zero-order chi connectivity index (χ0) is 14.8. The summed E-state index contributed by atoms with van der Waals surface area (Å²) < 4.78 is 22.5. The third-order valence-corrected chi connectivity index (χ3v) is 4.27. The fraction of sp³-hybridized carbons (Fsp3) is 0.462. The van der Waals surface area contributed by atoms with Gasteiger partial charge in [-0.05, 0) is 44.4 Å². The van der Waals surface area contributed by atoms with E-state index in [2.05, 4.69) is 10.6 Å². The third kappa shape index (κ3) is 3.78. The van der Waals surface area contributed by atoms with Gasteiger partial charge in [0.2, 0.25) is 15.9 Å². The minimum Gasteiger partial charge on any atom is -0.325 e. The van der Waals surface area contributed by atoms with Gasteiger partial charge in [0, 0.05) is 11.7 Å². The monoisotopic (exact) mass is 297 g/mol. The molecular formula is C13H19N3O3S. The zero-order valence-electron chi connectivity index (χ0n) is 11.3. The van der Waals surface area contributed by atoms with Gasteiger partial charge in [0.1, 0.15) is 0 Å². The van der Waals surface area contributed by atoms with E-state index < -0.39 is 10.0 Å². The molecule has 6 nitrogen and oxygen atoms in total. The van der Waals surface area contributed by atoms with E-state index in [-0.39, 0.29) is 16.8 Å². The van der Waals surface area contributed by atoms with Gasteiger partial charge in [-0.25, -0.2) is 13.6 Å². The molecule has 0 spiro atoms. The Morgan fingerprint density at radius 3 is 2.80 bits per heavy atom. The lowest BCUT2D eigenvalue weighted by molar-refractivity contribution is -0.118. The lowest BCUT2D eigenvalue weighted by Gasteiger charge is -2.27. The predicted molar refractivity (Wildman–Crippen MR) is 76.7 cm³/mol. The van der Waals surface area contributed by atoms with Crippen LogP contribution in [0.5, 0.6) is 0 Å². The number of sulfonamides is 1. The van der Waals surface area contributed by atoms with Gasteiger partial charge in [0.15, 0.2) is 0 Å². The number of piperidine rings is 1. The fourth-order valence-electron chi connectivity index (χ4n) is 2.33. The molecule has 0 radical (unpaired) electrons. The number of rotatable bonds is 3. The fourth-order valence-corrected chi connectivity index (χ4v) is 2.88. The quantitative estimate of drug-likeness (QED) is 0.768. The first kappa shape index (κ1) is 15.0. The third-order valence-electron chi connectivity index (χ3n) is 3.36. The van der Waals surface area contributed by atoms with Crippen molar-refractivity contribution in [3.05, 3.63) is 24.3 Å². The Morgan fingerprint density at radius 2 is 2.15 bits per heavy atom. The molecule has 2 unspecified atom stereocenters. The second-order valence-electron chi connectivity index (χ2n) is 5.11. The molecule has 1 aromatic carbocycles. The topological polar surface area (TPSA) is 101 Å². The highest BCUT2D eigenvalue weighted by molar-refractivity contribution is 7.89. The molecule has 20 heavy (non-hydrogen) atoms. The number of hydrogen-bond acceptors (Lipinski definition) is 4. The van der Waals surface area contributed by atoms with Gasteiger partial charge in [-0.15, -0.1) is 0 Å². The smallest absolute Gasteiger partial charge is 0.241 e. The largest absolute Gasteiger partial charge is 0.325 e. The molecular weight excluding hydrogens is 278 g/mol. The van der Waals surface area contributed by atoms with Gasteiger partial charge in [-0.1, -0.05) is 6.07 Å². The summed E-state index contributed by atoms with van der Waals surface area (Å²) >= 11 is 0. The highest BCUT2D eigenvalue weighted by Crippen LogP contribution is 2.17. The molecule has 1 heterocycles. The van der Waals surface area contributed by atoms with Crippen LogP contribution in [0.15, 0.2) is 29.2 Å². The van der Waals surface area contributed by atoms with Crippen LogP contribution < -0.4 is 15.8 Å². The maximum atomic E-state index is 12.1. The van der Waals surface area contributed by atoms with E-state index in [0.717, 1.165) is 19.3 Å². The summed E-state index contributed by atoms with van der Waals surface area (Å²) in [5, 5.41) is 11.0. The molecule has 7 heteroatoms. The van der Waals surface area contributed by atoms with Gasteiger partial charge in [-0.3, -0.25) is 4.79 Å². The van der Waals surface area contributed by atoms with Crippen LogP contribution in [0.3, 0.4) is 0 Å². The van der Waals surface area contributed by atoms with Crippen LogP contribution in [-0.2, 0) is 14.8 Å². The molecule has 1 aliphatic heterocycles. The molecule has 0 saturated carbocycles. The minimum atomic E-state index is -3.76. The van der Waals surface area contributed by atoms with E-state index in [1.165, 1.54) is 12.1 Å². The molecule has 2 rings (SSSR count). The maximum absolute atomic E-state index is 12.1. The van der Waals surface area contributed by atoms with Crippen molar-refractivity contribution in [3.8, 4) is 0 Å². The molecule has 2 atom stereocenters. The van der Waals surface area contributed by atoms with Crippen LogP contribution in [0.1, 0.15) is 26.2 Å². The first-order valence-electron chi connectivity index (χ1n) is 6.56. The zero-order valence-corrected chi connectivity index (χ0v) is 12.1. The average molecular weight is 297 g/mol. The van der Waals surface area contributed by atoms with E-state index >= 15 is 0 Å². The molecule has 1 aliphatic rings. The number of nitrogens with one attached hydrogen (secondary N) is 2. The molecule has 4 N–H and O–H groups in total. The highest BCUT2D eigenvalue weighted by atomic mass is 32.2. The van der Waals surface area contributed by atoms with Crippen molar-refractivity contribution in [1.82, 2.24) is 5.32 Å². The molecule has 0 aliphatic carbocycles. The van der Waals surface area contributed by atoms with Crippen molar-refractivity contribution in [1.29, 1.82) is 0 Å². The van der Waals surface area contributed by atoms with Crippen LogP contribution in [0.25, 0.3) is 0 Å². The molecule has 1 amide bonds. The molecule has 110 valence electrons. The SMILES string of the molecule is CC1CCCC(C(=O)Nc2cccc(S(N)(=O)=O)c2)N1. The minimum absolute atomic E-state index is 0.0136. The number of nitrogens with two attached hydrogens (primary N) is 1. The Bertz CT molecular complexity index is 601. The summed E-state index contributed by atoms with van der Waals surface area (Å²) in [6.45, 7) is 2.04. The van der Waals surface area contributed by atoms with Crippen molar-refractivity contribution >= 4 is 21.6 Å². The summed E-state index contributed by atoms with van der Waals surface area (Å²) in [6, 6.07) is 6.02. The number of carbonyl (C=O) groups is 1. The Balaban J connectivity index is 2.08. The van der Waals surface area contributed by atoms with Gasteiger partial charge >= 0.3 is 0 Å². The lowest BCUT2D eigenvalue weighted by Crippen LogP contribution is -2.47. The van der Waals surface area contributed by atoms with Crippen molar-refractivity contribution in [3.63, 3.8) is 0 Å². The van der Waals surface area contributed by atoms with Crippen LogP contribution >= 0.6 is 0 Å². The second-order valence-corrected chi connectivity index (χ2v) is 6.67. The number of hydrogen-bond donors (Lipinski definition) is 3. The Kier molecular flexibility index (Phi) is 4.42. The molecule has 1 fully saturated rings. The summed E-state index contributed by atoms with van der Waals surface area (Å²) in [5.41, 5.74) is 0.432. The standard InChI is InChI=1S/C13H19N3O3S/c1-9-4-2-7-12(15-9)13(17)16-10-5-3-6-11(8-10)20(14,18)19/h3,5-6,8-9,12,15H,2,4,7H2,1H3,(H,16,17)(H2,14,18,19). The molecule has 0 aromatic heterocycles. The number of amides is 1. The van der Waals surface area contributed by atoms with Gasteiger partial charge in [0.25, 0.3) is 0 Å². The normalized spacial score (nSPS) is 23.3. The van der Waals surface area contributed by atoms with E-state index in [0.29, 0.717) is 11.7 Å². The number of benzene rings is 1. The van der Waals surface area contributed by atoms with Crippen molar-refractivity contribution in [2.45, 2.75) is 43.2 Å². The van der Waals surface area contributed by atoms with Gasteiger partial charge in [-0.2, -0.15) is 0 Å². The Labute approximate surface area is 118 Å². The summed E-state index contributed by atoms with van der Waals surface area (Å²) in [5.74, 6) is -0.150. The summed E-state index contributed by atoms with van der Waals surface area (Å²) in [7, 11) is -3.76. The molecule has 1 saturated heterocycles. The van der Waals surface area contributed by atoms with Crippen LogP contribution in [0.2, 0.25) is 0 Å². The first-order chi connectivity index (χ1) is 9.36. The number of carbonyl (C=O) groups excluding carboxylic acids is 1. The van der Waals surface area contributed by atoms with Crippen molar-refractivity contribution < 1.29 is 13.2 Å². The Hall–Kier alpha value is -1.44. The van der Waals surface area contributed by atoms with Crippen LogP contribution in [0.4, 0.5) is 5.69 Å². The highest BCUT2D eigenvalue weighted by Gasteiger charge is 2.24. The number of primary sulfonamides is 1. The van der Waals surface area contributed by atoms with Crippen LogP contribution in [-0.4, -0.2) is 26.4 Å². The maximum Gasteiger partial charge on any atom is 0.241 e. The average Bonchev–Trinajstić information content (AvgIpc) is 2.38. The summed E-state index contributed by atoms with van der Waals surface area (Å²) in [4.78, 5) is 12.1. The Morgan fingerprint density at radius 1 is 1.40 bits per heavy atom. The van der Waals surface area contributed by atoms with E-state index in [9.17, 15) is 13.2 Å². The second kappa shape index (κ2) is 5.90. The molecule has 0 bridgehead atoms. The van der Waals surface area contributed by atoms with E-state index in [4.69, 9.17) is 5.14 Å². The number of anilines is 1.